The van der Waals surface area contributed by atoms with Crippen LogP contribution >= 0.6 is 0 Å². The number of aryl methyl sites for hydroxylation is 1. The maximum Gasteiger partial charge on any atom is 0.335 e. The van der Waals surface area contributed by atoms with Gasteiger partial charge in [0.1, 0.15) is 5.57 Å². The number of nitro benzene ring substituents is 1. The Kier molecular flexibility index (Phi) is 5.01. The first-order chi connectivity index (χ1) is 13.7. The molecule has 0 unspecified atom stereocenters. The number of phenolic OH excluding ortho intramolecular Hbond substituents is 1. The van der Waals surface area contributed by atoms with Gasteiger partial charge in [0, 0.05) is 11.6 Å². The molecule has 3 rings (SSSR count). The van der Waals surface area contributed by atoms with E-state index < -0.39 is 39.8 Å². The minimum Gasteiger partial charge on any atom is -0.504 e. The Morgan fingerprint density at radius 1 is 1.21 bits per heavy atom. The second-order valence-electron chi connectivity index (χ2n) is 6.14. The number of hydrogen-bond donors (Lipinski definition) is 2. The van der Waals surface area contributed by atoms with E-state index in [0.29, 0.717) is 0 Å². The third-order valence-electron chi connectivity index (χ3n) is 4.18. The van der Waals surface area contributed by atoms with Crippen molar-refractivity contribution in [1.29, 1.82) is 0 Å². The maximum atomic E-state index is 12.9. The smallest absolute Gasteiger partial charge is 0.335 e. The number of carbonyl (C=O) groups excluding carboxylic acids is 3. The SMILES string of the molecule is COc1cc([N+](=O)[O-])cc(C=C2C(=O)NC(=O)N(c3cccc(C)c3)C2=O)c1O. The Morgan fingerprint density at radius 3 is 2.55 bits per heavy atom. The summed E-state index contributed by atoms with van der Waals surface area (Å²) in [6.07, 6.45) is 0.970. The molecular formula is C19H15N3O7. The number of anilines is 1. The number of aromatic hydroxyl groups is 1. The number of methoxy groups -OCH3 is 1. The molecule has 1 saturated heterocycles. The quantitative estimate of drug-likeness (QED) is 0.349. The van der Waals surface area contributed by atoms with Gasteiger partial charge in [-0.15, -0.1) is 0 Å². The molecule has 2 aromatic carbocycles. The summed E-state index contributed by atoms with van der Waals surface area (Å²) in [7, 11) is 1.20. The van der Waals surface area contributed by atoms with Gasteiger partial charge < -0.3 is 9.84 Å². The molecule has 0 aromatic heterocycles. The van der Waals surface area contributed by atoms with E-state index in [2.05, 4.69) is 0 Å². The highest BCUT2D eigenvalue weighted by Gasteiger charge is 2.37. The molecule has 1 heterocycles. The zero-order valence-electron chi connectivity index (χ0n) is 15.3. The molecule has 10 heteroatoms. The van der Waals surface area contributed by atoms with Crippen LogP contribution in [0.15, 0.2) is 42.0 Å². The van der Waals surface area contributed by atoms with Gasteiger partial charge >= 0.3 is 6.03 Å². The van der Waals surface area contributed by atoms with Crippen LogP contribution in [0.2, 0.25) is 0 Å². The van der Waals surface area contributed by atoms with Crippen LogP contribution in [0.25, 0.3) is 6.08 Å². The highest BCUT2D eigenvalue weighted by atomic mass is 16.6. The molecule has 2 N–H and O–H groups in total. The van der Waals surface area contributed by atoms with Crippen LogP contribution in [-0.4, -0.2) is 35.0 Å². The van der Waals surface area contributed by atoms with Crippen molar-refractivity contribution in [2.24, 2.45) is 0 Å². The summed E-state index contributed by atoms with van der Waals surface area (Å²) in [6, 6.07) is 7.57. The number of non-ortho nitro benzene ring substituents is 1. The first-order valence-corrected chi connectivity index (χ1v) is 8.26. The second-order valence-corrected chi connectivity index (χ2v) is 6.14. The van der Waals surface area contributed by atoms with Gasteiger partial charge in [0.2, 0.25) is 0 Å². The standard InChI is InChI=1S/C19H15N3O7/c1-10-4-3-5-12(6-10)21-18(25)14(17(24)20-19(21)26)8-11-7-13(22(27)28)9-15(29-2)16(11)23/h3-9,23H,1-2H3,(H,20,24,26). The van der Waals surface area contributed by atoms with Crippen molar-refractivity contribution in [3.63, 3.8) is 0 Å². The lowest BCUT2D eigenvalue weighted by Crippen LogP contribution is -2.54. The number of ether oxygens (including phenoxy) is 1. The molecule has 29 heavy (non-hydrogen) atoms. The predicted octanol–water partition coefficient (Wildman–Crippen LogP) is 2.28. The monoisotopic (exact) mass is 397 g/mol. The largest absolute Gasteiger partial charge is 0.504 e. The summed E-state index contributed by atoms with van der Waals surface area (Å²) in [6.45, 7) is 1.77. The van der Waals surface area contributed by atoms with Crippen molar-refractivity contribution in [2.75, 3.05) is 12.0 Å². The van der Waals surface area contributed by atoms with E-state index in [1.165, 1.54) is 13.2 Å². The van der Waals surface area contributed by atoms with E-state index in [9.17, 15) is 29.6 Å². The summed E-state index contributed by atoms with van der Waals surface area (Å²) < 4.78 is 4.91. The third kappa shape index (κ3) is 3.63. The molecule has 1 aliphatic rings. The van der Waals surface area contributed by atoms with Crippen molar-refractivity contribution < 1.29 is 29.2 Å². The molecule has 4 amide bonds. The summed E-state index contributed by atoms with van der Waals surface area (Å²) >= 11 is 0. The molecule has 0 bridgehead atoms. The van der Waals surface area contributed by atoms with Crippen LogP contribution < -0.4 is 15.0 Å². The van der Waals surface area contributed by atoms with E-state index in [0.717, 1.165) is 28.7 Å². The number of phenols is 1. The van der Waals surface area contributed by atoms with Gasteiger partial charge in [-0.1, -0.05) is 12.1 Å². The first-order valence-electron chi connectivity index (χ1n) is 8.26. The molecule has 0 atom stereocenters. The third-order valence-corrected chi connectivity index (χ3v) is 4.18. The lowest BCUT2D eigenvalue weighted by atomic mass is 10.0. The molecule has 1 aliphatic heterocycles. The predicted molar refractivity (Wildman–Crippen MR) is 101 cm³/mol. The summed E-state index contributed by atoms with van der Waals surface area (Å²) in [5.41, 5.74) is -0.0582. The maximum absolute atomic E-state index is 12.9. The number of nitrogens with zero attached hydrogens (tertiary/aromatic N) is 2. The van der Waals surface area contributed by atoms with Gasteiger partial charge in [0.15, 0.2) is 11.5 Å². The first kappa shape index (κ1) is 19.5. The molecule has 0 radical (unpaired) electrons. The molecule has 1 fully saturated rings. The Balaban J connectivity index is 2.12. The number of carbonyl (C=O) groups is 3. The van der Waals surface area contributed by atoms with E-state index in [4.69, 9.17) is 4.74 Å². The number of amides is 4. The van der Waals surface area contributed by atoms with Gasteiger partial charge in [0.25, 0.3) is 17.5 Å². The van der Waals surface area contributed by atoms with Gasteiger partial charge in [-0.05, 0) is 30.7 Å². The van der Waals surface area contributed by atoms with E-state index >= 15 is 0 Å². The molecule has 10 nitrogen and oxygen atoms in total. The van der Waals surface area contributed by atoms with Gasteiger partial charge in [-0.25, -0.2) is 9.69 Å². The fourth-order valence-electron chi connectivity index (χ4n) is 2.80. The second kappa shape index (κ2) is 7.43. The number of nitro groups is 1. The summed E-state index contributed by atoms with van der Waals surface area (Å²) in [5.74, 6) is -2.63. The highest BCUT2D eigenvalue weighted by molar-refractivity contribution is 6.39. The van der Waals surface area contributed by atoms with Crippen LogP contribution in [0.3, 0.4) is 0 Å². The normalized spacial score (nSPS) is 15.4. The number of rotatable bonds is 4. The highest BCUT2D eigenvalue weighted by Crippen LogP contribution is 2.36. The lowest BCUT2D eigenvalue weighted by molar-refractivity contribution is -0.385. The van der Waals surface area contributed by atoms with Crippen LogP contribution in [0.5, 0.6) is 11.5 Å². The van der Waals surface area contributed by atoms with E-state index in [1.807, 2.05) is 5.32 Å². The number of benzene rings is 2. The van der Waals surface area contributed by atoms with Gasteiger partial charge in [-0.2, -0.15) is 0 Å². The molecule has 2 aromatic rings. The Morgan fingerprint density at radius 2 is 1.93 bits per heavy atom. The topological polar surface area (TPSA) is 139 Å². The Bertz CT molecular complexity index is 1090. The van der Waals surface area contributed by atoms with Crippen molar-refractivity contribution in [3.05, 3.63) is 63.2 Å². The zero-order valence-corrected chi connectivity index (χ0v) is 15.3. The van der Waals surface area contributed by atoms with Crippen LogP contribution in [-0.2, 0) is 9.59 Å². The zero-order chi connectivity index (χ0) is 21.3. The van der Waals surface area contributed by atoms with Crippen molar-refractivity contribution in [2.45, 2.75) is 6.92 Å². The number of nitrogens with one attached hydrogen (secondary N) is 1. The van der Waals surface area contributed by atoms with Crippen LogP contribution in [0, 0.1) is 17.0 Å². The minimum absolute atomic E-state index is 0.187. The summed E-state index contributed by atoms with van der Waals surface area (Å²) in [5, 5.41) is 23.4. The Labute approximate surface area is 164 Å². The van der Waals surface area contributed by atoms with Crippen molar-refractivity contribution >= 4 is 35.3 Å². The molecular weight excluding hydrogens is 382 g/mol. The fourth-order valence-corrected chi connectivity index (χ4v) is 2.80. The van der Waals surface area contributed by atoms with Crippen LogP contribution in [0.4, 0.5) is 16.2 Å². The molecule has 0 saturated carbocycles. The fraction of sp³-hybridized carbons (Fsp3) is 0.105. The summed E-state index contributed by atoms with van der Waals surface area (Å²) in [4.78, 5) is 48.5. The van der Waals surface area contributed by atoms with E-state index in [1.54, 1.807) is 25.1 Å². The minimum atomic E-state index is -0.992. The number of hydrogen-bond acceptors (Lipinski definition) is 7. The Hall–Kier alpha value is -4.21. The van der Waals surface area contributed by atoms with Crippen molar-refractivity contribution in [3.8, 4) is 11.5 Å². The number of barbiturate groups is 1. The molecule has 0 spiro atoms. The van der Waals surface area contributed by atoms with Gasteiger partial charge in [-0.3, -0.25) is 25.0 Å². The average Bonchev–Trinajstić information content (AvgIpc) is 2.66. The van der Waals surface area contributed by atoms with E-state index in [-0.39, 0.29) is 17.0 Å². The number of imide groups is 2. The molecule has 0 aliphatic carbocycles. The van der Waals surface area contributed by atoms with Crippen LogP contribution in [0.1, 0.15) is 11.1 Å². The van der Waals surface area contributed by atoms with Crippen molar-refractivity contribution in [1.82, 2.24) is 5.32 Å². The number of urea groups is 1. The lowest BCUT2D eigenvalue weighted by Gasteiger charge is -2.26. The van der Waals surface area contributed by atoms with Gasteiger partial charge in [0.05, 0.1) is 23.8 Å². The molecule has 148 valence electrons. The average molecular weight is 397 g/mol.